The fourth-order valence-corrected chi connectivity index (χ4v) is 2.04. The fraction of sp³-hybridized carbons (Fsp3) is 0.154. The second-order valence-electron chi connectivity index (χ2n) is 3.75. The predicted molar refractivity (Wildman–Crippen MR) is 65.3 cm³/mol. The van der Waals surface area contributed by atoms with Gasteiger partial charge in [-0.15, -0.1) is 0 Å². The Morgan fingerprint density at radius 3 is 2.47 bits per heavy atom. The SMILES string of the molecule is C[C@@H](O)c1c(-c2ccc(F)cc2)ccnc1Cl. The van der Waals surface area contributed by atoms with Crippen LogP contribution >= 0.6 is 11.6 Å². The van der Waals surface area contributed by atoms with Gasteiger partial charge < -0.3 is 5.11 Å². The summed E-state index contributed by atoms with van der Waals surface area (Å²) in [6, 6.07) is 7.78. The number of benzene rings is 1. The van der Waals surface area contributed by atoms with Gasteiger partial charge in [-0.2, -0.15) is 0 Å². The third kappa shape index (κ3) is 2.46. The van der Waals surface area contributed by atoms with E-state index < -0.39 is 6.10 Å². The molecule has 88 valence electrons. The van der Waals surface area contributed by atoms with Crippen molar-refractivity contribution in [1.82, 2.24) is 4.98 Å². The molecule has 0 bridgehead atoms. The first kappa shape index (κ1) is 12.0. The van der Waals surface area contributed by atoms with Crippen molar-refractivity contribution in [2.45, 2.75) is 13.0 Å². The van der Waals surface area contributed by atoms with E-state index in [4.69, 9.17) is 11.6 Å². The van der Waals surface area contributed by atoms with E-state index in [0.29, 0.717) is 5.56 Å². The van der Waals surface area contributed by atoms with Crippen LogP contribution in [-0.4, -0.2) is 10.1 Å². The second kappa shape index (κ2) is 4.82. The maximum Gasteiger partial charge on any atom is 0.135 e. The highest BCUT2D eigenvalue weighted by molar-refractivity contribution is 6.30. The molecule has 0 aliphatic rings. The van der Waals surface area contributed by atoms with Crippen LogP contribution in [0.5, 0.6) is 0 Å². The molecule has 1 aromatic heterocycles. The maximum absolute atomic E-state index is 12.9. The van der Waals surface area contributed by atoms with Gasteiger partial charge in [-0.05, 0) is 36.2 Å². The van der Waals surface area contributed by atoms with Crippen LogP contribution in [0.25, 0.3) is 11.1 Å². The highest BCUT2D eigenvalue weighted by Gasteiger charge is 2.14. The van der Waals surface area contributed by atoms with Gasteiger partial charge in [0.25, 0.3) is 0 Å². The highest BCUT2D eigenvalue weighted by Crippen LogP contribution is 2.32. The zero-order valence-corrected chi connectivity index (χ0v) is 9.95. The Kier molecular flexibility index (Phi) is 3.41. The van der Waals surface area contributed by atoms with Crippen LogP contribution in [0.3, 0.4) is 0 Å². The largest absolute Gasteiger partial charge is 0.389 e. The van der Waals surface area contributed by atoms with Gasteiger partial charge in [0.2, 0.25) is 0 Å². The summed E-state index contributed by atoms with van der Waals surface area (Å²) >= 11 is 5.96. The van der Waals surface area contributed by atoms with Crippen molar-refractivity contribution >= 4 is 11.6 Å². The molecular weight excluding hydrogens is 241 g/mol. The molecule has 2 aromatic rings. The van der Waals surface area contributed by atoms with Crippen molar-refractivity contribution in [3.8, 4) is 11.1 Å². The van der Waals surface area contributed by atoms with E-state index in [-0.39, 0.29) is 11.0 Å². The molecule has 0 radical (unpaired) electrons. The quantitative estimate of drug-likeness (QED) is 0.828. The van der Waals surface area contributed by atoms with E-state index in [1.807, 2.05) is 0 Å². The minimum Gasteiger partial charge on any atom is -0.389 e. The van der Waals surface area contributed by atoms with Crippen LogP contribution in [0, 0.1) is 5.82 Å². The van der Waals surface area contributed by atoms with Crippen molar-refractivity contribution in [1.29, 1.82) is 0 Å². The average molecular weight is 252 g/mol. The summed E-state index contributed by atoms with van der Waals surface area (Å²) in [4.78, 5) is 3.94. The van der Waals surface area contributed by atoms with Gasteiger partial charge in [0, 0.05) is 11.8 Å². The molecule has 0 aliphatic carbocycles. The molecule has 1 N–H and O–H groups in total. The zero-order chi connectivity index (χ0) is 12.4. The lowest BCUT2D eigenvalue weighted by atomic mass is 9.99. The predicted octanol–water partition coefficient (Wildman–Crippen LogP) is 3.59. The number of aromatic nitrogens is 1. The smallest absolute Gasteiger partial charge is 0.135 e. The minimum atomic E-state index is -0.726. The monoisotopic (exact) mass is 251 g/mol. The number of aliphatic hydroxyl groups is 1. The molecule has 0 aliphatic heterocycles. The molecule has 0 spiro atoms. The summed E-state index contributed by atoms with van der Waals surface area (Å²) in [5.74, 6) is -0.299. The van der Waals surface area contributed by atoms with Gasteiger partial charge in [0.15, 0.2) is 0 Å². The van der Waals surface area contributed by atoms with E-state index in [9.17, 15) is 9.50 Å². The van der Waals surface area contributed by atoms with Crippen LogP contribution in [0.2, 0.25) is 5.15 Å². The number of pyridine rings is 1. The van der Waals surface area contributed by atoms with Gasteiger partial charge in [0.05, 0.1) is 6.10 Å². The molecule has 1 atom stereocenters. The number of hydrogen-bond donors (Lipinski definition) is 1. The van der Waals surface area contributed by atoms with Crippen molar-refractivity contribution in [3.05, 3.63) is 53.1 Å². The Hall–Kier alpha value is -1.45. The van der Waals surface area contributed by atoms with E-state index in [1.165, 1.54) is 12.1 Å². The summed E-state index contributed by atoms with van der Waals surface area (Å²) in [7, 11) is 0. The normalized spacial score (nSPS) is 12.5. The molecule has 0 saturated carbocycles. The van der Waals surface area contributed by atoms with Gasteiger partial charge in [-0.1, -0.05) is 23.7 Å². The van der Waals surface area contributed by atoms with E-state index >= 15 is 0 Å². The Bertz CT molecular complexity index is 525. The van der Waals surface area contributed by atoms with E-state index in [0.717, 1.165) is 11.1 Å². The lowest BCUT2D eigenvalue weighted by molar-refractivity contribution is 0.199. The van der Waals surface area contributed by atoms with Crippen LogP contribution in [0.1, 0.15) is 18.6 Å². The Labute approximate surface area is 104 Å². The first-order valence-electron chi connectivity index (χ1n) is 5.18. The Morgan fingerprint density at radius 1 is 1.24 bits per heavy atom. The lowest BCUT2D eigenvalue weighted by Gasteiger charge is -2.13. The fourth-order valence-electron chi connectivity index (χ4n) is 1.73. The van der Waals surface area contributed by atoms with Crippen molar-refractivity contribution < 1.29 is 9.50 Å². The molecule has 4 heteroatoms. The van der Waals surface area contributed by atoms with Gasteiger partial charge in [-0.3, -0.25) is 0 Å². The van der Waals surface area contributed by atoms with E-state index in [2.05, 4.69) is 4.98 Å². The van der Waals surface area contributed by atoms with Crippen molar-refractivity contribution in [2.75, 3.05) is 0 Å². The van der Waals surface area contributed by atoms with Crippen molar-refractivity contribution in [2.24, 2.45) is 0 Å². The standard InChI is InChI=1S/C13H11ClFNO/c1-8(17)12-11(6-7-16-13(12)14)9-2-4-10(15)5-3-9/h2-8,17H,1H3/t8-/m1/s1. The third-order valence-corrected chi connectivity index (χ3v) is 2.82. The van der Waals surface area contributed by atoms with E-state index in [1.54, 1.807) is 31.3 Å². The first-order valence-corrected chi connectivity index (χ1v) is 5.56. The molecule has 0 amide bonds. The summed E-state index contributed by atoms with van der Waals surface area (Å²) in [5.41, 5.74) is 2.12. The number of rotatable bonds is 2. The molecule has 2 rings (SSSR count). The molecule has 0 fully saturated rings. The molecular formula is C13H11ClFNO. The van der Waals surface area contributed by atoms with Crippen molar-refractivity contribution in [3.63, 3.8) is 0 Å². The number of aliphatic hydroxyl groups excluding tert-OH is 1. The van der Waals surface area contributed by atoms with Crippen LogP contribution in [0.4, 0.5) is 4.39 Å². The maximum atomic E-state index is 12.9. The second-order valence-corrected chi connectivity index (χ2v) is 4.10. The number of nitrogens with zero attached hydrogens (tertiary/aromatic N) is 1. The third-order valence-electron chi connectivity index (χ3n) is 2.51. The summed E-state index contributed by atoms with van der Waals surface area (Å²) in [5, 5.41) is 9.97. The zero-order valence-electron chi connectivity index (χ0n) is 9.19. The molecule has 1 aromatic carbocycles. The molecule has 1 heterocycles. The number of halogens is 2. The van der Waals surface area contributed by atoms with Gasteiger partial charge in [-0.25, -0.2) is 9.37 Å². The Morgan fingerprint density at radius 2 is 1.88 bits per heavy atom. The summed E-state index contributed by atoms with van der Waals surface area (Å²) < 4.78 is 12.9. The topological polar surface area (TPSA) is 33.1 Å². The summed E-state index contributed by atoms with van der Waals surface area (Å²) in [6.45, 7) is 1.62. The minimum absolute atomic E-state index is 0.266. The van der Waals surface area contributed by atoms with Crippen LogP contribution < -0.4 is 0 Å². The highest BCUT2D eigenvalue weighted by atomic mass is 35.5. The number of hydrogen-bond acceptors (Lipinski definition) is 2. The average Bonchev–Trinajstić information content (AvgIpc) is 2.29. The molecule has 2 nitrogen and oxygen atoms in total. The van der Waals surface area contributed by atoms with Crippen LogP contribution in [-0.2, 0) is 0 Å². The summed E-state index contributed by atoms with van der Waals surface area (Å²) in [6.07, 6.45) is 0.837. The van der Waals surface area contributed by atoms with Gasteiger partial charge >= 0.3 is 0 Å². The first-order chi connectivity index (χ1) is 8.09. The van der Waals surface area contributed by atoms with Gasteiger partial charge in [0.1, 0.15) is 11.0 Å². The Balaban J connectivity index is 2.59. The molecule has 17 heavy (non-hydrogen) atoms. The van der Waals surface area contributed by atoms with Crippen LogP contribution in [0.15, 0.2) is 36.5 Å². The molecule has 0 saturated heterocycles. The molecule has 0 unspecified atom stereocenters. The lowest BCUT2D eigenvalue weighted by Crippen LogP contribution is -1.98.